The van der Waals surface area contributed by atoms with Crippen molar-refractivity contribution in [3.8, 4) is 0 Å². The van der Waals surface area contributed by atoms with Crippen molar-refractivity contribution in [2.45, 2.75) is 33.7 Å². The number of rotatable bonds is 4. The van der Waals surface area contributed by atoms with Gasteiger partial charge < -0.3 is 10.6 Å². The minimum Gasteiger partial charge on any atom is -0.397 e. The van der Waals surface area contributed by atoms with Crippen LogP contribution in [-0.4, -0.2) is 17.6 Å². The fourth-order valence-electron chi connectivity index (χ4n) is 1.61. The van der Waals surface area contributed by atoms with Gasteiger partial charge in [-0.3, -0.25) is 4.98 Å². The summed E-state index contributed by atoms with van der Waals surface area (Å²) in [5.74, 6) is 0.633. The van der Waals surface area contributed by atoms with Crippen LogP contribution in [0.2, 0.25) is 0 Å². The Labute approximate surface area is 92.3 Å². The van der Waals surface area contributed by atoms with Gasteiger partial charge >= 0.3 is 0 Å². The summed E-state index contributed by atoms with van der Waals surface area (Å²) in [7, 11) is 0. The van der Waals surface area contributed by atoms with E-state index in [9.17, 15) is 0 Å². The molecular weight excluding hydrogens is 186 g/mol. The summed E-state index contributed by atoms with van der Waals surface area (Å²) in [5, 5.41) is 0. The molecule has 0 saturated heterocycles. The molecule has 0 atom stereocenters. The minimum atomic E-state index is 0.469. The molecule has 0 spiro atoms. The van der Waals surface area contributed by atoms with Crippen LogP contribution in [-0.2, 0) is 0 Å². The van der Waals surface area contributed by atoms with Gasteiger partial charge in [-0.15, -0.1) is 0 Å². The highest BCUT2D eigenvalue weighted by Crippen LogP contribution is 2.19. The van der Waals surface area contributed by atoms with Crippen LogP contribution < -0.4 is 10.6 Å². The first-order chi connectivity index (χ1) is 7.00. The standard InChI is InChI=1S/C12H21N3/c1-9(2)8-15(10(3)4)12-5-11(13)6-14-7-12/h5-7,9-10H,8,13H2,1-4H3. The molecule has 1 aromatic heterocycles. The van der Waals surface area contributed by atoms with Gasteiger partial charge in [-0.05, 0) is 25.8 Å². The molecule has 3 nitrogen and oxygen atoms in total. The fourth-order valence-corrected chi connectivity index (χ4v) is 1.61. The van der Waals surface area contributed by atoms with Crippen LogP contribution in [0, 0.1) is 5.92 Å². The third-order valence-electron chi connectivity index (χ3n) is 2.26. The highest BCUT2D eigenvalue weighted by Gasteiger charge is 2.12. The summed E-state index contributed by atoms with van der Waals surface area (Å²) in [6.45, 7) is 9.84. The fraction of sp³-hybridized carbons (Fsp3) is 0.583. The lowest BCUT2D eigenvalue weighted by Crippen LogP contribution is -2.34. The average molecular weight is 207 g/mol. The molecule has 0 aliphatic rings. The predicted molar refractivity (Wildman–Crippen MR) is 66.0 cm³/mol. The molecule has 0 aromatic carbocycles. The van der Waals surface area contributed by atoms with E-state index in [2.05, 4.69) is 37.6 Å². The predicted octanol–water partition coefficient (Wildman–Crippen LogP) is 2.53. The van der Waals surface area contributed by atoms with Crippen molar-refractivity contribution in [2.75, 3.05) is 17.2 Å². The van der Waals surface area contributed by atoms with E-state index >= 15 is 0 Å². The van der Waals surface area contributed by atoms with Crippen LogP contribution >= 0.6 is 0 Å². The van der Waals surface area contributed by atoms with Gasteiger partial charge in [0.2, 0.25) is 0 Å². The first-order valence-corrected chi connectivity index (χ1v) is 5.48. The third-order valence-corrected chi connectivity index (χ3v) is 2.26. The molecule has 0 amide bonds. The Hall–Kier alpha value is -1.25. The highest BCUT2D eigenvalue weighted by molar-refractivity contribution is 5.53. The van der Waals surface area contributed by atoms with Crippen molar-refractivity contribution in [3.05, 3.63) is 18.5 Å². The van der Waals surface area contributed by atoms with Crippen LogP contribution in [0.1, 0.15) is 27.7 Å². The normalized spacial score (nSPS) is 11.1. The van der Waals surface area contributed by atoms with Crippen LogP contribution in [0.5, 0.6) is 0 Å². The quantitative estimate of drug-likeness (QED) is 0.825. The van der Waals surface area contributed by atoms with E-state index < -0.39 is 0 Å². The molecule has 0 saturated carbocycles. The zero-order chi connectivity index (χ0) is 11.4. The van der Waals surface area contributed by atoms with Crippen LogP contribution in [0.3, 0.4) is 0 Å². The first kappa shape index (κ1) is 11.8. The molecule has 0 aliphatic heterocycles. The topological polar surface area (TPSA) is 42.2 Å². The van der Waals surface area contributed by atoms with Crippen molar-refractivity contribution in [1.82, 2.24) is 4.98 Å². The van der Waals surface area contributed by atoms with Gasteiger partial charge in [0.15, 0.2) is 0 Å². The Morgan fingerprint density at radius 1 is 1.27 bits per heavy atom. The van der Waals surface area contributed by atoms with Gasteiger partial charge in [0, 0.05) is 18.8 Å². The zero-order valence-corrected chi connectivity index (χ0v) is 10.1. The van der Waals surface area contributed by atoms with Crippen molar-refractivity contribution in [1.29, 1.82) is 0 Å². The lowest BCUT2D eigenvalue weighted by atomic mass is 10.1. The minimum absolute atomic E-state index is 0.469. The maximum absolute atomic E-state index is 5.74. The number of nitrogens with two attached hydrogens (primary N) is 1. The molecule has 3 heteroatoms. The van der Waals surface area contributed by atoms with Crippen molar-refractivity contribution in [3.63, 3.8) is 0 Å². The summed E-state index contributed by atoms with van der Waals surface area (Å²) < 4.78 is 0. The number of hydrogen-bond donors (Lipinski definition) is 1. The average Bonchev–Trinajstić information content (AvgIpc) is 2.13. The molecule has 1 heterocycles. The highest BCUT2D eigenvalue weighted by atomic mass is 15.2. The van der Waals surface area contributed by atoms with E-state index in [1.54, 1.807) is 6.20 Å². The molecule has 0 unspecified atom stereocenters. The van der Waals surface area contributed by atoms with Gasteiger partial charge in [-0.25, -0.2) is 0 Å². The van der Waals surface area contributed by atoms with E-state index in [1.165, 1.54) is 0 Å². The monoisotopic (exact) mass is 207 g/mol. The number of hydrogen-bond acceptors (Lipinski definition) is 3. The number of aromatic nitrogens is 1. The number of pyridine rings is 1. The van der Waals surface area contributed by atoms with E-state index in [4.69, 9.17) is 5.73 Å². The molecule has 15 heavy (non-hydrogen) atoms. The Kier molecular flexibility index (Phi) is 3.95. The van der Waals surface area contributed by atoms with Crippen LogP contribution in [0.4, 0.5) is 11.4 Å². The molecule has 84 valence electrons. The number of anilines is 2. The second kappa shape index (κ2) is 5.01. The Morgan fingerprint density at radius 2 is 1.93 bits per heavy atom. The zero-order valence-electron chi connectivity index (χ0n) is 10.1. The molecule has 1 rings (SSSR count). The number of nitrogen functional groups attached to an aromatic ring is 1. The van der Waals surface area contributed by atoms with Crippen molar-refractivity contribution < 1.29 is 0 Å². The second-order valence-electron chi connectivity index (χ2n) is 4.62. The molecule has 0 aliphatic carbocycles. The number of nitrogens with zero attached hydrogens (tertiary/aromatic N) is 2. The van der Waals surface area contributed by atoms with Gasteiger partial charge in [0.1, 0.15) is 0 Å². The third kappa shape index (κ3) is 3.42. The largest absolute Gasteiger partial charge is 0.397 e. The summed E-state index contributed by atoms with van der Waals surface area (Å²) in [4.78, 5) is 6.46. The molecule has 0 fully saturated rings. The Balaban J connectivity index is 2.88. The summed E-state index contributed by atoms with van der Waals surface area (Å²) in [6.07, 6.45) is 3.55. The lowest BCUT2D eigenvalue weighted by molar-refractivity contribution is 0.570. The van der Waals surface area contributed by atoms with Gasteiger partial charge in [0.05, 0.1) is 17.6 Å². The van der Waals surface area contributed by atoms with Gasteiger partial charge in [-0.1, -0.05) is 13.8 Å². The summed E-state index contributed by atoms with van der Waals surface area (Å²) >= 11 is 0. The smallest absolute Gasteiger partial charge is 0.0575 e. The first-order valence-electron chi connectivity index (χ1n) is 5.48. The van der Waals surface area contributed by atoms with Crippen LogP contribution in [0.25, 0.3) is 0 Å². The molecule has 2 N–H and O–H groups in total. The molecule has 1 aromatic rings. The maximum atomic E-state index is 5.74. The molecular formula is C12H21N3. The Morgan fingerprint density at radius 3 is 2.40 bits per heavy atom. The van der Waals surface area contributed by atoms with Gasteiger partial charge in [0.25, 0.3) is 0 Å². The molecule has 0 bridgehead atoms. The van der Waals surface area contributed by atoms with E-state index in [0.717, 1.165) is 17.9 Å². The maximum Gasteiger partial charge on any atom is 0.0575 e. The summed E-state index contributed by atoms with van der Waals surface area (Å²) in [5.41, 5.74) is 7.57. The van der Waals surface area contributed by atoms with E-state index in [-0.39, 0.29) is 0 Å². The van der Waals surface area contributed by atoms with Crippen LogP contribution in [0.15, 0.2) is 18.5 Å². The van der Waals surface area contributed by atoms with E-state index in [1.807, 2.05) is 12.3 Å². The van der Waals surface area contributed by atoms with Crippen molar-refractivity contribution >= 4 is 11.4 Å². The lowest BCUT2D eigenvalue weighted by Gasteiger charge is -2.30. The Bertz CT molecular complexity index is 307. The summed E-state index contributed by atoms with van der Waals surface area (Å²) in [6, 6.07) is 2.45. The van der Waals surface area contributed by atoms with E-state index in [0.29, 0.717) is 12.0 Å². The van der Waals surface area contributed by atoms with Gasteiger partial charge in [-0.2, -0.15) is 0 Å². The van der Waals surface area contributed by atoms with Crippen molar-refractivity contribution in [2.24, 2.45) is 5.92 Å². The SMILES string of the molecule is CC(C)CN(c1cncc(N)c1)C(C)C. The second-order valence-corrected chi connectivity index (χ2v) is 4.62. The molecule has 0 radical (unpaired) electrons.